The minimum absolute atomic E-state index is 0.176. The third-order valence-electron chi connectivity index (χ3n) is 4.72. The van der Waals surface area contributed by atoms with Crippen molar-refractivity contribution in [1.29, 1.82) is 5.26 Å². The predicted molar refractivity (Wildman–Crippen MR) is 72.2 cm³/mol. The van der Waals surface area contributed by atoms with E-state index in [-0.39, 0.29) is 5.91 Å². The average molecular weight is 264 g/mol. The zero-order chi connectivity index (χ0) is 13.8. The van der Waals surface area contributed by atoms with Crippen LogP contribution in [-0.2, 0) is 4.79 Å². The Hall–Kier alpha value is -1.08. The Morgan fingerprint density at radius 2 is 1.58 bits per heavy atom. The van der Waals surface area contributed by atoms with Crippen molar-refractivity contribution in [2.24, 2.45) is 5.41 Å². The van der Waals surface area contributed by atoms with Crippen LogP contribution in [-0.4, -0.2) is 23.2 Å². The Kier molecular flexibility index (Phi) is 4.46. The summed E-state index contributed by atoms with van der Waals surface area (Å²) in [6.07, 6.45) is 9.11. The first-order chi connectivity index (χ1) is 9.10. The fourth-order valence-electron chi connectivity index (χ4n) is 3.35. The van der Waals surface area contributed by atoms with Gasteiger partial charge in [0.25, 0.3) is 0 Å². The molecule has 0 aromatic heterocycles. The lowest BCUT2D eigenvalue weighted by Crippen LogP contribution is -2.47. The maximum absolute atomic E-state index is 12.2. The quantitative estimate of drug-likeness (QED) is 0.768. The molecule has 0 aromatic carbocycles. The van der Waals surface area contributed by atoms with E-state index >= 15 is 0 Å². The second kappa shape index (κ2) is 5.92. The molecule has 0 heterocycles. The van der Waals surface area contributed by atoms with Crippen LogP contribution in [0.5, 0.6) is 0 Å². The molecule has 0 unspecified atom stereocenters. The fraction of sp³-hybridized carbons (Fsp3) is 0.867. The number of nitriles is 1. The second-order valence-electron chi connectivity index (χ2n) is 6.22. The van der Waals surface area contributed by atoms with Gasteiger partial charge in [0, 0.05) is 6.54 Å². The van der Waals surface area contributed by atoms with E-state index in [9.17, 15) is 15.2 Å². The summed E-state index contributed by atoms with van der Waals surface area (Å²) in [5.41, 5.74) is -1.59. The van der Waals surface area contributed by atoms with Crippen LogP contribution >= 0.6 is 0 Å². The first-order valence-electron chi connectivity index (χ1n) is 7.52. The van der Waals surface area contributed by atoms with Crippen LogP contribution in [0.1, 0.15) is 64.2 Å². The summed E-state index contributed by atoms with van der Waals surface area (Å²) in [6, 6.07) is 2.20. The molecule has 0 radical (unpaired) electrons. The SMILES string of the molecule is N#CC1(C(=O)NCC2(O)CCCCCC2)CCCC1. The molecule has 2 fully saturated rings. The highest BCUT2D eigenvalue weighted by Crippen LogP contribution is 2.37. The summed E-state index contributed by atoms with van der Waals surface area (Å²) in [5.74, 6) is -0.176. The molecule has 0 bridgehead atoms. The number of rotatable bonds is 3. The lowest BCUT2D eigenvalue weighted by molar-refractivity contribution is -0.129. The molecule has 0 spiro atoms. The number of nitrogens with one attached hydrogen (secondary N) is 1. The molecule has 2 N–H and O–H groups in total. The van der Waals surface area contributed by atoms with Crippen LogP contribution in [0.15, 0.2) is 0 Å². The van der Waals surface area contributed by atoms with E-state index in [0.717, 1.165) is 38.5 Å². The Morgan fingerprint density at radius 1 is 1.05 bits per heavy atom. The summed E-state index contributed by atoms with van der Waals surface area (Å²) >= 11 is 0. The number of amides is 1. The smallest absolute Gasteiger partial charge is 0.240 e. The van der Waals surface area contributed by atoms with E-state index in [1.165, 1.54) is 12.8 Å². The van der Waals surface area contributed by atoms with Gasteiger partial charge in [-0.15, -0.1) is 0 Å². The lowest BCUT2D eigenvalue weighted by Gasteiger charge is -2.29. The topological polar surface area (TPSA) is 73.1 Å². The molecule has 2 saturated carbocycles. The van der Waals surface area contributed by atoms with E-state index in [1.54, 1.807) is 0 Å². The van der Waals surface area contributed by atoms with Gasteiger partial charge in [0.05, 0.1) is 11.7 Å². The molecular weight excluding hydrogens is 240 g/mol. The first-order valence-corrected chi connectivity index (χ1v) is 7.52. The normalized spacial score (nSPS) is 25.3. The third kappa shape index (κ3) is 3.27. The zero-order valence-corrected chi connectivity index (χ0v) is 11.6. The minimum Gasteiger partial charge on any atom is -0.388 e. The van der Waals surface area contributed by atoms with Gasteiger partial charge in [0.1, 0.15) is 5.41 Å². The fourth-order valence-corrected chi connectivity index (χ4v) is 3.35. The van der Waals surface area contributed by atoms with Crippen molar-refractivity contribution in [2.45, 2.75) is 69.8 Å². The summed E-state index contributed by atoms with van der Waals surface area (Å²) < 4.78 is 0. The van der Waals surface area contributed by atoms with Crippen LogP contribution < -0.4 is 5.32 Å². The Morgan fingerprint density at radius 3 is 2.11 bits per heavy atom. The molecule has 0 aliphatic heterocycles. The Bertz CT molecular complexity index is 359. The van der Waals surface area contributed by atoms with Gasteiger partial charge >= 0.3 is 0 Å². The third-order valence-corrected chi connectivity index (χ3v) is 4.72. The van der Waals surface area contributed by atoms with Gasteiger partial charge in [-0.2, -0.15) is 5.26 Å². The molecule has 19 heavy (non-hydrogen) atoms. The van der Waals surface area contributed by atoms with Crippen LogP contribution in [0.3, 0.4) is 0 Å². The highest BCUT2D eigenvalue weighted by Gasteiger charge is 2.42. The molecule has 4 nitrogen and oxygen atoms in total. The zero-order valence-electron chi connectivity index (χ0n) is 11.6. The monoisotopic (exact) mass is 264 g/mol. The molecule has 2 aliphatic rings. The molecule has 2 aliphatic carbocycles. The molecular formula is C15H24N2O2. The summed E-state index contributed by atoms with van der Waals surface area (Å²) in [5, 5.41) is 22.6. The Labute approximate surface area is 115 Å². The molecule has 0 atom stereocenters. The van der Waals surface area contributed by atoms with Crippen LogP contribution in [0.25, 0.3) is 0 Å². The summed E-state index contributed by atoms with van der Waals surface area (Å²) in [4.78, 5) is 12.2. The van der Waals surface area contributed by atoms with E-state index < -0.39 is 11.0 Å². The van der Waals surface area contributed by atoms with Gasteiger partial charge in [-0.25, -0.2) is 0 Å². The van der Waals surface area contributed by atoms with Gasteiger partial charge in [-0.3, -0.25) is 4.79 Å². The van der Waals surface area contributed by atoms with Gasteiger partial charge in [0.2, 0.25) is 5.91 Å². The van der Waals surface area contributed by atoms with Crippen LogP contribution in [0.2, 0.25) is 0 Å². The van der Waals surface area contributed by atoms with Crippen molar-refractivity contribution < 1.29 is 9.90 Å². The van der Waals surface area contributed by atoms with Crippen LogP contribution in [0, 0.1) is 16.7 Å². The van der Waals surface area contributed by atoms with E-state index in [4.69, 9.17) is 0 Å². The second-order valence-corrected chi connectivity index (χ2v) is 6.22. The standard InChI is InChI=1S/C15H24N2O2/c16-11-14(7-5-6-8-14)13(18)17-12-15(19)9-3-1-2-4-10-15/h19H,1-10,12H2,(H,17,18). The van der Waals surface area contributed by atoms with Gasteiger partial charge in [-0.1, -0.05) is 38.5 Å². The maximum Gasteiger partial charge on any atom is 0.240 e. The van der Waals surface area contributed by atoms with E-state index in [2.05, 4.69) is 11.4 Å². The highest BCUT2D eigenvalue weighted by molar-refractivity contribution is 5.85. The van der Waals surface area contributed by atoms with Crippen LogP contribution in [0.4, 0.5) is 0 Å². The molecule has 0 aromatic rings. The molecule has 0 saturated heterocycles. The van der Waals surface area contributed by atoms with Crippen molar-refractivity contribution in [3.05, 3.63) is 0 Å². The summed E-state index contributed by atoms with van der Waals surface area (Å²) in [7, 11) is 0. The summed E-state index contributed by atoms with van der Waals surface area (Å²) in [6.45, 7) is 0.301. The Balaban J connectivity index is 1.90. The van der Waals surface area contributed by atoms with Gasteiger partial charge in [-0.05, 0) is 25.7 Å². The minimum atomic E-state index is -0.832. The number of carbonyl (C=O) groups excluding carboxylic acids is 1. The van der Waals surface area contributed by atoms with Crippen molar-refractivity contribution in [3.63, 3.8) is 0 Å². The highest BCUT2D eigenvalue weighted by atomic mass is 16.3. The molecule has 1 amide bonds. The lowest BCUT2D eigenvalue weighted by atomic mass is 9.86. The van der Waals surface area contributed by atoms with Crippen molar-refractivity contribution in [3.8, 4) is 6.07 Å². The molecule has 2 rings (SSSR count). The number of hydrogen-bond donors (Lipinski definition) is 2. The molecule has 106 valence electrons. The largest absolute Gasteiger partial charge is 0.388 e. The predicted octanol–water partition coefficient (Wildman–Crippen LogP) is 2.27. The van der Waals surface area contributed by atoms with Crippen molar-refractivity contribution in [2.75, 3.05) is 6.54 Å². The van der Waals surface area contributed by atoms with Gasteiger partial charge in [0.15, 0.2) is 0 Å². The van der Waals surface area contributed by atoms with Crippen molar-refractivity contribution in [1.82, 2.24) is 5.32 Å². The average Bonchev–Trinajstić information content (AvgIpc) is 2.81. The number of hydrogen-bond acceptors (Lipinski definition) is 3. The first kappa shape index (κ1) is 14.3. The maximum atomic E-state index is 12.2. The number of carbonyl (C=O) groups is 1. The van der Waals surface area contributed by atoms with E-state index in [1.807, 2.05) is 0 Å². The van der Waals surface area contributed by atoms with Gasteiger partial charge < -0.3 is 10.4 Å². The number of nitrogens with zero attached hydrogens (tertiary/aromatic N) is 1. The van der Waals surface area contributed by atoms with E-state index in [0.29, 0.717) is 19.4 Å². The van der Waals surface area contributed by atoms with Crippen molar-refractivity contribution >= 4 is 5.91 Å². The molecule has 4 heteroatoms. The number of aliphatic hydroxyl groups is 1.